The molecule has 3 aromatic rings. The highest BCUT2D eigenvalue weighted by Gasteiger charge is 2.24. The molecule has 2 aliphatic heterocycles. The summed E-state index contributed by atoms with van der Waals surface area (Å²) in [5.41, 5.74) is 3.14. The number of hydrogen-bond donors (Lipinski definition) is 4. The summed E-state index contributed by atoms with van der Waals surface area (Å²) in [6, 6.07) is 13.9. The van der Waals surface area contributed by atoms with Gasteiger partial charge in [-0.1, -0.05) is 39.0 Å². The van der Waals surface area contributed by atoms with Gasteiger partial charge in [-0.15, -0.1) is 0 Å². The van der Waals surface area contributed by atoms with Gasteiger partial charge < -0.3 is 20.9 Å². The number of hydrogen-bond acceptors (Lipinski definition) is 7. The predicted molar refractivity (Wildman–Crippen MR) is 150 cm³/mol. The zero-order valence-corrected chi connectivity index (χ0v) is 22.4. The minimum absolute atomic E-state index is 0.0120. The number of amides is 1. The highest BCUT2D eigenvalue weighted by molar-refractivity contribution is 5.94. The minimum Gasteiger partial charge on any atom is -0.353 e. The Balaban J connectivity index is 1.23. The molecule has 2 aliphatic rings. The Bertz CT molecular complexity index is 1310. The SMILES string of the molecule is CC(C)(C)c1ccc(C(=O)N[C@@H]2CCCN(c3cc(Nc4ccc(C5CCCN5)cn4)c(=O)[nH]n3)C2)cc1. The fourth-order valence-electron chi connectivity index (χ4n) is 5.14. The molecule has 0 saturated carbocycles. The topological polar surface area (TPSA) is 115 Å². The van der Waals surface area contributed by atoms with Gasteiger partial charge in [0, 0.05) is 43.0 Å². The van der Waals surface area contributed by atoms with Gasteiger partial charge in [0.2, 0.25) is 0 Å². The normalized spacial score (nSPS) is 19.8. The van der Waals surface area contributed by atoms with E-state index in [4.69, 9.17) is 0 Å². The van der Waals surface area contributed by atoms with Gasteiger partial charge in [-0.05, 0) is 67.0 Å². The summed E-state index contributed by atoms with van der Waals surface area (Å²) >= 11 is 0. The summed E-state index contributed by atoms with van der Waals surface area (Å²) in [6.07, 6.45) is 5.95. The van der Waals surface area contributed by atoms with Crippen LogP contribution in [0.3, 0.4) is 0 Å². The molecule has 0 spiro atoms. The first-order valence-corrected chi connectivity index (χ1v) is 13.5. The van der Waals surface area contributed by atoms with Crippen LogP contribution < -0.4 is 26.4 Å². The van der Waals surface area contributed by atoms with E-state index in [9.17, 15) is 9.59 Å². The number of carbonyl (C=O) groups is 1. The summed E-state index contributed by atoms with van der Waals surface area (Å²) in [6.45, 7) is 8.92. The molecule has 0 bridgehead atoms. The van der Waals surface area contributed by atoms with Gasteiger partial charge in [0.1, 0.15) is 11.5 Å². The quantitative estimate of drug-likeness (QED) is 0.392. The second-order valence-corrected chi connectivity index (χ2v) is 11.3. The van der Waals surface area contributed by atoms with Crippen LogP contribution >= 0.6 is 0 Å². The van der Waals surface area contributed by atoms with Gasteiger partial charge in [0.25, 0.3) is 11.5 Å². The lowest BCUT2D eigenvalue weighted by atomic mass is 9.86. The molecule has 4 heterocycles. The van der Waals surface area contributed by atoms with E-state index in [1.165, 1.54) is 12.0 Å². The van der Waals surface area contributed by atoms with Crippen LogP contribution in [0.4, 0.5) is 17.3 Å². The average molecular weight is 516 g/mol. The fourth-order valence-corrected chi connectivity index (χ4v) is 5.14. The van der Waals surface area contributed by atoms with Crippen LogP contribution in [0.1, 0.15) is 74.0 Å². The van der Waals surface area contributed by atoms with Gasteiger partial charge in [0.15, 0.2) is 5.82 Å². The Kier molecular flexibility index (Phi) is 7.46. The molecular formula is C29H37N7O2. The van der Waals surface area contributed by atoms with E-state index < -0.39 is 0 Å². The molecule has 9 nitrogen and oxygen atoms in total. The van der Waals surface area contributed by atoms with Gasteiger partial charge in [0.05, 0.1) is 0 Å². The highest BCUT2D eigenvalue weighted by atomic mass is 16.1. The minimum atomic E-state index is -0.308. The maximum atomic E-state index is 12.9. The molecule has 1 amide bonds. The van der Waals surface area contributed by atoms with Gasteiger partial charge in [-0.3, -0.25) is 9.59 Å². The number of nitrogens with one attached hydrogen (secondary N) is 4. The Labute approximate surface area is 223 Å². The molecule has 0 radical (unpaired) electrons. The van der Waals surface area contributed by atoms with Crippen molar-refractivity contribution in [2.75, 3.05) is 29.9 Å². The molecular weight excluding hydrogens is 478 g/mol. The molecule has 2 atom stereocenters. The van der Waals surface area contributed by atoms with Crippen LogP contribution in [-0.2, 0) is 5.41 Å². The Hall–Kier alpha value is -3.72. The number of H-pyrrole nitrogens is 1. The third kappa shape index (κ3) is 6.05. The number of pyridine rings is 1. The number of nitrogens with zero attached hydrogens (tertiary/aromatic N) is 3. The van der Waals surface area contributed by atoms with Crippen molar-refractivity contribution in [2.45, 2.75) is 64.0 Å². The van der Waals surface area contributed by atoms with Crippen molar-refractivity contribution in [3.8, 4) is 0 Å². The molecule has 9 heteroatoms. The smallest absolute Gasteiger partial charge is 0.288 e. The van der Waals surface area contributed by atoms with E-state index in [2.05, 4.69) is 56.8 Å². The van der Waals surface area contributed by atoms with Crippen molar-refractivity contribution in [1.82, 2.24) is 25.8 Å². The Morgan fingerprint density at radius 3 is 2.58 bits per heavy atom. The van der Waals surface area contributed by atoms with Gasteiger partial charge in [-0.25, -0.2) is 10.1 Å². The summed E-state index contributed by atoms with van der Waals surface area (Å²) in [5, 5.41) is 16.7. The van der Waals surface area contributed by atoms with Crippen LogP contribution in [0.2, 0.25) is 0 Å². The van der Waals surface area contributed by atoms with Crippen molar-refractivity contribution in [3.63, 3.8) is 0 Å². The lowest BCUT2D eigenvalue weighted by Gasteiger charge is -2.34. The fraction of sp³-hybridized carbons (Fsp3) is 0.448. The van der Waals surface area contributed by atoms with Crippen molar-refractivity contribution in [3.05, 3.63) is 75.7 Å². The van der Waals surface area contributed by atoms with Crippen molar-refractivity contribution >= 4 is 23.2 Å². The molecule has 4 N–H and O–H groups in total. The molecule has 5 rings (SSSR count). The molecule has 200 valence electrons. The van der Waals surface area contributed by atoms with Crippen LogP contribution in [0.15, 0.2) is 53.5 Å². The number of anilines is 3. The number of benzene rings is 1. The largest absolute Gasteiger partial charge is 0.353 e. The first-order valence-electron chi connectivity index (χ1n) is 13.5. The number of aromatic nitrogens is 3. The zero-order chi connectivity index (χ0) is 26.7. The number of rotatable bonds is 6. The molecule has 2 aromatic heterocycles. The summed E-state index contributed by atoms with van der Waals surface area (Å²) in [5.74, 6) is 1.19. The second-order valence-electron chi connectivity index (χ2n) is 11.3. The van der Waals surface area contributed by atoms with Gasteiger partial charge in [-0.2, -0.15) is 5.10 Å². The number of aromatic amines is 1. The van der Waals surface area contributed by atoms with E-state index in [1.54, 1.807) is 6.07 Å². The Morgan fingerprint density at radius 1 is 1.08 bits per heavy atom. The highest BCUT2D eigenvalue weighted by Crippen LogP contribution is 2.25. The second kappa shape index (κ2) is 10.9. The van der Waals surface area contributed by atoms with Crippen LogP contribution in [-0.4, -0.2) is 46.8 Å². The first-order chi connectivity index (χ1) is 18.3. The third-order valence-corrected chi connectivity index (χ3v) is 7.40. The molecule has 1 unspecified atom stereocenters. The Morgan fingerprint density at radius 2 is 1.89 bits per heavy atom. The summed E-state index contributed by atoms with van der Waals surface area (Å²) in [4.78, 5) is 32.0. The third-order valence-electron chi connectivity index (χ3n) is 7.40. The monoisotopic (exact) mass is 515 g/mol. The summed E-state index contributed by atoms with van der Waals surface area (Å²) in [7, 11) is 0. The van der Waals surface area contributed by atoms with Crippen LogP contribution in [0.5, 0.6) is 0 Å². The van der Waals surface area contributed by atoms with Crippen molar-refractivity contribution in [2.24, 2.45) is 0 Å². The van der Waals surface area contributed by atoms with Crippen molar-refractivity contribution in [1.29, 1.82) is 0 Å². The average Bonchev–Trinajstić information content (AvgIpc) is 3.45. The van der Waals surface area contributed by atoms with Crippen LogP contribution in [0, 0.1) is 0 Å². The predicted octanol–water partition coefficient (Wildman–Crippen LogP) is 4.03. The maximum Gasteiger partial charge on any atom is 0.288 e. The molecule has 2 fully saturated rings. The maximum absolute atomic E-state index is 12.9. The van der Waals surface area contributed by atoms with E-state index in [0.29, 0.717) is 35.5 Å². The van der Waals surface area contributed by atoms with E-state index in [0.717, 1.165) is 37.9 Å². The zero-order valence-electron chi connectivity index (χ0n) is 22.4. The van der Waals surface area contributed by atoms with E-state index in [1.807, 2.05) is 42.6 Å². The standard InChI is InChI=1S/C29H37N7O2/c1-29(2,3)21-11-8-19(9-12-21)27(37)32-22-6-5-15-36(18-22)26-16-24(28(38)35-34-26)33-25-13-10-20(17-31-25)23-7-4-14-30-23/h8-13,16-17,22-23,30H,4-7,14-15,18H2,1-3H3,(H,32,37)(H,35,38)(H,31,33,34)/t22-,23?/m1/s1. The molecule has 1 aromatic carbocycles. The first kappa shape index (κ1) is 25.9. The molecule has 2 saturated heterocycles. The lowest BCUT2D eigenvalue weighted by Crippen LogP contribution is -2.48. The van der Waals surface area contributed by atoms with Crippen LogP contribution in [0.25, 0.3) is 0 Å². The molecule has 0 aliphatic carbocycles. The summed E-state index contributed by atoms with van der Waals surface area (Å²) < 4.78 is 0. The lowest BCUT2D eigenvalue weighted by molar-refractivity contribution is 0.0933. The van der Waals surface area contributed by atoms with Gasteiger partial charge >= 0.3 is 0 Å². The number of piperidine rings is 1. The molecule has 38 heavy (non-hydrogen) atoms. The van der Waals surface area contributed by atoms with E-state index >= 15 is 0 Å². The van der Waals surface area contributed by atoms with E-state index in [-0.39, 0.29) is 22.9 Å². The van der Waals surface area contributed by atoms with Crippen molar-refractivity contribution < 1.29 is 4.79 Å². The number of carbonyl (C=O) groups excluding carboxylic acids is 1.